The normalized spacial score (nSPS) is 14.4. The maximum absolute atomic E-state index is 13.0. The highest BCUT2D eigenvalue weighted by atomic mass is 31.2. The fourth-order valence-electron chi connectivity index (χ4n) is 9.95. The predicted octanol–water partition coefficient (Wildman–Crippen LogP) is 22.2. The molecule has 8 nitrogen and oxygen atoms in total. The van der Waals surface area contributed by atoms with Crippen LogP contribution in [0.2, 0.25) is 0 Å². The average molecular weight is 1200 g/mol. The number of carbonyl (C=O) groups is 1. The van der Waals surface area contributed by atoms with Gasteiger partial charge in [-0.15, -0.1) is 0 Å². The summed E-state index contributed by atoms with van der Waals surface area (Å²) in [6.45, 7) is 4.52. The van der Waals surface area contributed by atoms with Gasteiger partial charge in [0.25, 0.3) is 7.82 Å². The average Bonchev–Trinajstić information content (AvgIpc) is 3.49. The van der Waals surface area contributed by atoms with E-state index in [0.717, 1.165) is 116 Å². The summed E-state index contributed by atoms with van der Waals surface area (Å²) in [4.78, 5) is 25.6. The molecule has 2 N–H and O–H groups in total. The summed E-state index contributed by atoms with van der Waals surface area (Å²) < 4.78 is 23.4. The topological polar surface area (TPSA) is 108 Å². The van der Waals surface area contributed by atoms with Crippen molar-refractivity contribution in [3.05, 3.63) is 122 Å². The van der Waals surface area contributed by atoms with Gasteiger partial charge in [-0.1, -0.05) is 322 Å². The van der Waals surface area contributed by atoms with E-state index in [2.05, 4.69) is 129 Å². The van der Waals surface area contributed by atoms with E-state index in [9.17, 15) is 19.4 Å². The van der Waals surface area contributed by atoms with Gasteiger partial charge in [-0.3, -0.25) is 9.36 Å². The van der Waals surface area contributed by atoms with Gasteiger partial charge >= 0.3 is 0 Å². The first kappa shape index (κ1) is 81.9. The highest BCUT2D eigenvalue weighted by Crippen LogP contribution is 2.38. The molecule has 0 bridgehead atoms. The summed E-state index contributed by atoms with van der Waals surface area (Å²) in [6, 6.07) is -0.923. The molecule has 9 heteroatoms. The van der Waals surface area contributed by atoms with E-state index in [0.29, 0.717) is 17.4 Å². The molecular formula is C76H135N2O6P. The van der Waals surface area contributed by atoms with Gasteiger partial charge in [0.15, 0.2) is 0 Å². The molecule has 0 heterocycles. The zero-order valence-corrected chi connectivity index (χ0v) is 56.9. The molecule has 0 aliphatic rings. The molecule has 490 valence electrons. The smallest absolute Gasteiger partial charge is 0.268 e. The van der Waals surface area contributed by atoms with Gasteiger partial charge in [-0.05, 0) is 96.3 Å². The van der Waals surface area contributed by atoms with Gasteiger partial charge in [0.1, 0.15) is 13.2 Å². The van der Waals surface area contributed by atoms with Crippen LogP contribution in [0.5, 0.6) is 0 Å². The van der Waals surface area contributed by atoms with Gasteiger partial charge < -0.3 is 28.8 Å². The summed E-state index contributed by atoms with van der Waals surface area (Å²) in [6.07, 6.45) is 97.6. The monoisotopic (exact) mass is 1200 g/mol. The lowest BCUT2D eigenvalue weighted by atomic mass is 10.0. The van der Waals surface area contributed by atoms with Crippen molar-refractivity contribution >= 4 is 13.7 Å². The summed E-state index contributed by atoms with van der Waals surface area (Å²) in [7, 11) is 1.22. The van der Waals surface area contributed by atoms with Crippen LogP contribution in [-0.2, 0) is 18.4 Å². The van der Waals surface area contributed by atoms with E-state index >= 15 is 0 Å². The second-order valence-corrected chi connectivity index (χ2v) is 26.3. The van der Waals surface area contributed by atoms with Crippen molar-refractivity contribution in [1.82, 2.24) is 5.32 Å². The molecule has 3 unspecified atom stereocenters. The zero-order chi connectivity index (χ0) is 61.9. The number of carbonyl (C=O) groups excluding carboxylic acids is 1. The molecule has 85 heavy (non-hydrogen) atoms. The second kappa shape index (κ2) is 65.3. The molecule has 0 aliphatic heterocycles. The largest absolute Gasteiger partial charge is 0.756 e. The summed E-state index contributed by atoms with van der Waals surface area (Å²) in [5.74, 6) is -0.224. The number of unbranched alkanes of at least 4 members (excludes halogenated alkanes) is 33. The van der Waals surface area contributed by atoms with E-state index in [4.69, 9.17) is 9.05 Å². The third kappa shape index (κ3) is 68.3. The highest BCUT2D eigenvalue weighted by Gasteiger charge is 2.23. The van der Waals surface area contributed by atoms with Crippen LogP contribution in [0.3, 0.4) is 0 Å². The van der Waals surface area contributed by atoms with Gasteiger partial charge in [0.2, 0.25) is 5.91 Å². The molecule has 0 spiro atoms. The van der Waals surface area contributed by atoms with Crippen molar-refractivity contribution in [2.75, 3.05) is 40.9 Å². The molecule has 0 fully saturated rings. The molecule has 0 aromatic carbocycles. The van der Waals surface area contributed by atoms with Crippen molar-refractivity contribution < 1.29 is 32.9 Å². The molecule has 0 aromatic heterocycles. The molecule has 0 aromatic rings. The third-order valence-electron chi connectivity index (χ3n) is 15.4. The van der Waals surface area contributed by atoms with Crippen molar-refractivity contribution in [3.63, 3.8) is 0 Å². The summed E-state index contributed by atoms with van der Waals surface area (Å²) in [5, 5.41) is 13.9. The molecule has 0 radical (unpaired) electrons. The number of nitrogens with one attached hydrogen (secondary N) is 1. The van der Waals surface area contributed by atoms with Crippen molar-refractivity contribution in [1.29, 1.82) is 0 Å². The zero-order valence-electron chi connectivity index (χ0n) is 56.0. The number of hydrogen-bond acceptors (Lipinski definition) is 6. The number of phosphoric acid groups is 1. The number of rotatable bonds is 64. The van der Waals surface area contributed by atoms with E-state index < -0.39 is 26.6 Å². The van der Waals surface area contributed by atoms with Crippen LogP contribution in [0.15, 0.2) is 122 Å². The Hall–Kier alpha value is -3.10. The predicted molar refractivity (Wildman–Crippen MR) is 371 cm³/mol. The number of hydrogen-bond donors (Lipinski definition) is 2. The maximum atomic E-state index is 13.0. The van der Waals surface area contributed by atoms with Crippen molar-refractivity contribution in [2.45, 2.75) is 315 Å². The van der Waals surface area contributed by atoms with Crippen LogP contribution in [0.25, 0.3) is 0 Å². The minimum atomic E-state index is -4.63. The van der Waals surface area contributed by atoms with Crippen LogP contribution in [0, 0.1) is 0 Å². The Kier molecular flexibility index (Phi) is 63.0. The maximum Gasteiger partial charge on any atom is 0.268 e. The minimum absolute atomic E-state index is 0.0158. The number of aliphatic hydroxyl groups excluding tert-OH is 1. The fraction of sp³-hybridized carbons (Fsp3) is 0.724. The van der Waals surface area contributed by atoms with E-state index in [1.807, 2.05) is 27.2 Å². The first-order valence-corrected chi connectivity index (χ1v) is 36.9. The summed E-state index contributed by atoms with van der Waals surface area (Å²) >= 11 is 0. The SMILES string of the molecule is CC/C=C\C/C=C\C/C=C\C/C=C\C/C=C\C/C=C\C/C=C\C/C=C\CCCCCCCCC(=O)NC(COP(=O)([O-])OCC[N+](C)(C)C)C(O)/C=C/CC/C=C/CCCCCCCCCCCCCCCCCCCCCCCCCCCC. The van der Waals surface area contributed by atoms with E-state index in [1.54, 1.807) is 6.08 Å². The number of quaternary nitrogens is 1. The molecule has 0 saturated heterocycles. The molecule has 0 aliphatic carbocycles. The number of allylic oxidation sites excluding steroid dienone is 19. The van der Waals surface area contributed by atoms with Gasteiger partial charge in [-0.2, -0.15) is 0 Å². The van der Waals surface area contributed by atoms with Crippen molar-refractivity contribution in [3.8, 4) is 0 Å². The van der Waals surface area contributed by atoms with Crippen LogP contribution in [0.4, 0.5) is 0 Å². The van der Waals surface area contributed by atoms with Crippen LogP contribution in [-0.4, -0.2) is 68.5 Å². The van der Waals surface area contributed by atoms with Crippen LogP contribution in [0.1, 0.15) is 303 Å². The highest BCUT2D eigenvalue weighted by molar-refractivity contribution is 7.45. The Balaban J connectivity index is 4.19. The number of nitrogens with zero attached hydrogens (tertiary/aromatic N) is 1. The molecule has 0 rings (SSSR count). The lowest BCUT2D eigenvalue weighted by Gasteiger charge is -2.29. The molecule has 1 amide bonds. The fourth-order valence-corrected chi connectivity index (χ4v) is 10.7. The lowest BCUT2D eigenvalue weighted by molar-refractivity contribution is -0.870. The Bertz CT molecular complexity index is 1800. The Morgan fingerprint density at radius 3 is 1.09 bits per heavy atom. The minimum Gasteiger partial charge on any atom is -0.756 e. The number of likely N-dealkylation sites (N-methyl/N-ethyl adjacent to an activating group) is 1. The number of phosphoric ester groups is 1. The first-order chi connectivity index (χ1) is 41.5. The molecule has 0 saturated carbocycles. The third-order valence-corrected chi connectivity index (χ3v) is 16.4. The van der Waals surface area contributed by atoms with Crippen LogP contribution < -0.4 is 10.2 Å². The second-order valence-electron chi connectivity index (χ2n) is 24.8. The van der Waals surface area contributed by atoms with E-state index in [-0.39, 0.29) is 12.5 Å². The lowest BCUT2D eigenvalue weighted by Crippen LogP contribution is -2.45. The Morgan fingerprint density at radius 2 is 0.729 bits per heavy atom. The van der Waals surface area contributed by atoms with Gasteiger partial charge in [0, 0.05) is 6.42 Å². The first-order valence-electron chi connectivity index (χ1n) is 35.4. The van der Waals surface area contributed by atoms with Gasteiger partial charge in [-0.25, -0.2) is 0 Å². The Labute approximate surface area is 526 Å². The Morgan fingerprint density at radius 1 is 0.424 bits per heavy atom. The summed E-state index contributed by atoms with van der Waals surface area (Å²) in [5.41, 5.74) is 0. The van der Waals surface area contributed by atoms with Gasteiger partial charge in [0.05, 0.1) is 39.9 Å². The standard InChI is InChI=1S/C76H135N2O6P/c1-6-8-10-12-14-16-18-20-22-24-26-28-30-32-34-36-38-40-41-43-45-47-49-51-53-55-57-59-61-63-65-67-69-75(79)74(73-84-85(81,82)83-72-71-78(3,4)5)77-76(80)70-68-66-64-62-60-58-56-54-52-50-48-46-44-42-39-37-35-33-31-29-27-25-23-21-19-17-15-13-11-9-7-2/h9,11,15,17,21,23,27,29,33,35,39,42,46,48,52,54,59,61,67,69,74-75,79H,6-8,10,12-14,16,18-20,22,24-26,28,30-32,34,36-38,40-41,43-45,47,49-51,53,55-58,60,62-66,68,70-73H2,1-5H3,(H-,77,80,81,82)/b11-9-,17-15-,23-21-,29-27-,35-33-,42-39-,48-46-,54-52-,61-59+,69-67+. The van der Waals surface area contributed by atoms with E-state index in [1.165, 1.54) is 167 Å². The number of aliphatic hydroxyl groups is 1. The molecular weight excluding hydrogens is 1070 g/mol. The number of amides is 1. The quantitative estimate of drug-likeness (QED) is 0.0272. The van der Waals surface area contributed by atoms with Crippen LogP contribution >= 0.6 is 7.82 Å². The van der Waals surface area contributed by atoms with Crippen molar-refractivity contribution in [2.24, 2.45) is 0 Å². The molecule has 3 atom stereocenters.